The van der Waals surface area contributed by atoms with E-state index in [2.05, 4.69) is 37.9 Å². The van der Waals surface area contributed by atoms with Crippen molar-refractivity contribution in [2.24, 2.45) is 11.8 Å². The maximum Gasteiger partial charge on any atom is 0.0247 e. The van der Waals surface area contributed by atoms with Crippen molar-refractivity contribution in [3.05, 3.63) is 0 Å². The molecule has 1 saturated heterocycles. The second-order valence-electron chi connectivity index (χ2n) is 6.47. The largest absolute Gasteiger partial charge is 0.311 e. The lowest BCUT2D eigenvalue weighted by atomic mass is 9.95. The molecule has 0 amide bonds. The molecule has 0 bridgehead atoms. The average molecular weight is 224 g/mol. The molecule has 2 aliphatic rings. The Morgan fingerprint density at radius 2 is 1.88 bits per heavy atom. The van der Waals surface area contributed by atoms with Crippen molar-refractivity contribution in [2.45, 2.75) is 65.1 Å². The van der Waals surface area contributed by atoms with Crippen LogP contribution in [0.1, 0.15) is 47.0 Å². The molecule has 1 saturated carbocycles. The minimum absolute atomic E-state index is 0.732. The Balaban J connectivity index is 1.92. The molecule has 2 unspecified atom stereocenters. The van der Waals surface area contributed by atoms with Crippen molar-refractivity contribution >= 4 is 0 Å². The molecule has 16 heavy (non-hydrogen) atoms. The van der Waals surface area contributed by atoms with Crippen LogP contribution in [0, 0.1) is 11.8 Å². The predicted molar refractivity (Wildman–Crippen MR) is 69.6 cm³/mol. The fraction of sp³-hybridized carbons (Fsp3) is 1.00. The Hall–Kier alpha value is -0.0800. The number of hydrogen-bond acceptors (Lipinski definition) is 2. The molecule has 2 nitrogen and oxygen atoms in total. The molecule has 0 aromatic carbocycles. The third kappa shape index (κ3) is 2.98. The highest BCUT2D eigenvalue weighted by atomic mass is 15.3. The van der Waals surface area contributed by atoms with Gasteiger partial charge in [0.25, 0.3) is 0 Å². The van der Waals surface area contributed by atoms with Crippen LogP contribution in [0.15, 0.2) is 0 Å². The summed E-state index contributed by atoms with van der Waals surface area (Å²) in [6, 6.07) is 2.43. The smallest absolute Gasteiger partial charge is 0.0247 e. The lowest BCUT2D eigenvalue weighted by Crippen LogP contribution is -2.59. The lowest BCUT2D eigenvalue weighted by Gasteiger charge is -2.43. The zero-order chi connectivity index (χ0) is 11.7. The molecule has 0 spiro atoms. The maximum absolute atomic E-state index is 3.75. The van der Waals surface area contributed by atoms with E-state index in [1.807, 2.05) is 0 Å². The first-order chi connectivity index (χ1) is 7.58. The summed E-state index contributed by atoms with van der Waals surface area (Å²) in [5.74, 6) is 1.60. The first-order valence-corrected chi connectivity index (χ1v) is 7.07. The summed E-state index contributed by atoms with van der Waals surface area (Å²) in [6.07, 6.45) is 4.21. The van der Waals surface area contributed by atoms with Gasteiger partial charge >= 0.3 is 0 Å². The Labute approximate surface area is 101 Å². The van der Waals surface area contributed by atoms with E-state index >= 15 is 0 Å². The van der Waals surface area contributed by atoms with E-state index in [9.17, 15) is 0 Å². The minimum atomic E-state index is 0.732. The van der Waals surface area contributed by atoms with Gasteiger partial charge in [-0.15, -0.1) is 0 Å². The third-order valence-corrected chi connectivity index (χ3v) is 4.01. The van der Waals surface area contributed by atoms with E-state index in [4.69, 9.17) is 0 Å². The van der Waals surface area contributed by atoms with Crippen molar-refractivity contribution in [3.8, 4) is 0 Å². The van der Waals surface area contributed by atoms with Gasteiger partial charge in [0, 0.05) is 31.2 Å². The summed E-state index contributed by atoms with van der Waals surface area (Å²) in [5.41, 5.74) is 0. The fourth-order valence-electron chi connectivity index (χ4n) is 3.03. The van der Waals surface area contributed by atoms with Crippen molar-refractivity contribution in [1.82, 2.24) is 10.2 Å². The SMILES string of the molecule is CC(C)CC1CN(C2CC2)C(C(C)C)CN1. The van der Waals surface area contributed by atoms with Crippen molar-refractivity contribution in [1.29, 1.82) is 0 Å². The van der Waals surface area contributed by atoms with Crippen LogP contribution in [-0.2, 0) is 0 Å². The molecule has 2 fully saturated rings. The summed E-state index contributed by atoms with van der Waals surface area (Å²) >= 11 is 0. The number of rotatable bonds is 4. The fourth-order valence-corrected chi connectivity index (χ4v) is 3.03. The molecule has 1 heterocycles. The maximum atomic E-state index is 3.75. The van der Waals surface area contributed by atoms with Crippen LogP contribution in [0.25, 0.3) is 0 Å². The van der Waals surface area contributed by atoms with E-state index in [1.54, 1.807) is 0 Å². The van der Waals surface area contributed by atoms with Gasteiger partial charge in [-0.05, 0) is 31.1 Å². The second kappa shape index (κ2) is 5.05. The summed E-state index contributed by atoms with van der Waals surface area (Å²) in [6.45, 7) is 11.9. The van der Waals surface area contributed by atoms with Gasteiger partial charge < -0.3 is 5.32 Å². The van der Waals surface area contributed by atoms with Crippen molar-refractivity contribution < 1.29 is 0 Å². The third-order valence-electron chi connectivity index (χ3n) is 4.01. The van der Waals surface area contributed by atoms with Crippen LogP contribution in [0.5, 0.6) is 0 Å². The normalized spacial score (nSPS) is 32.6. The summed E-state index contributed by atoms with van der Waals surface area (Å²) in [4.78, 5) is 2.80. The van der Waals surface area contributed by atoms with Gasteiger partial charge in [-0.25, -0.2) is 0 Å². The highest BCUT2D eigenvalue weighted by Crippen LogP contribution is 2.32. The van der Waals surface area contributed by atoms with Crippen molar-refractivity contribution in [2.75, 3.05) is 13.1 Å². The van der Waals surface area contributed by atoms with E-state index < -0.39 is 0 Å². The van der Waals surface area contributed by atoms with Gasteiger partial charge in [0.05, 0.1) is 0 Å². The van der Waals surface area contributed by atoms with E-state index in [0.29, 0.717) is 0 Å². The molecule has 1 N–H and O–H groups in total. The zero-order valence-corrected chi connectivity index (χ0v) is 11.4. The molecule has 0 aromatic heterocycles. The van der Waals surface area contributed by atoms with Gasteiger partial charge in [-0.3, -0.25) is 4.90 Å². The molecular formula is C14H28N2. The van der Waals surface area contributed by atoms with Crippen LogP contribution in [0.3, 0.4) is 0 Å². The van der Waals surface area contributed by atoms with E-state index in [0.717, 1.165) is 30.0 Å². The molecule has 2 heteroatoms. The Morgan fingerprint density at radius 3 is 2.38 bits per heavy atom. The first-order valence-electron chi connectivity index (χ1n) is 7.07. The molecule has 0 aromatic rings. The van der Waals surface area contributed by atoms with Gasteiger partial charge in [-0.1, -0.05) is 27.7 Å². The topological polar surface area (TPSA) is 15.3 Å². The minimum Gasteiger partial charge on any atom is -0.311 e. The predicted octanol–water partition coefficient (Wildman–Crippen LogP) is 2.49. The van der Waals surface area contributed by atoms with Crippen LogP contribution in [0.2, 0.25) is 0 Å². The molecule has 94 valence electrons. The summed E-state index contributed by atoms with van der Waals surface area (Å²) in [7, 11) is 0. The number of nitrogens with zero attached hydrogens (tertiary/aromatic N) is 1. The van der Waals surface area contributed by atoms with Gasteiger partial charge in [0.1, 0.15) is 0 Å². The van der Waals surface area contributed by atoms with E-state index in [-0.39, 0.29) is 0 Å². The summed E-state index contributed by atoms with van der Waals surface area (Å²) in [5, 5.41) is 3.75. The van der Waals surface area contributed by atoms with Crippen molar-refractivity contribution in [3.63, 3.8) is 0 Å². The molecule has 1 aliphatic carbocycles. The highest BCUT2D eigenvalue weighted by molar-refractivity contribution is 4.96. The van der Waals surface area contributed by atoms with Gasteiger partial charge in [0.2, 0.25) is 0 Å². The number of piperazine rings is 1. The molecular weight excluding hydrogens is 196 g/mol. The summed E-state index contributed by atoms with van der Waals surface area (Å²) < 4.78 is 0. The standard InChI is InChI=1S/C14H28N2/c1-10(2)7-12-9-16(13-5-6-13)14(8-15-12)11(3)4/h10-15H,5-9H2,1-4H3. The van der Waals surface area contributed by atoms with Crippen LogP contribution in [-0.4, -0.2) is 36.1 Å². The van der Waals surface area contributed by atoms with Gasteiger partial charge in [-0.2, -0.15) is 0 Å². The van der Waals surface area contributed by atoms with Crippen LogP contribution < -0.4 is 5.32 Å². The highest BCUT2D eigenvalue weighted by Gasteiger charge is 2.38. The van der Waals surface area contributed by atoms with Crippen LogP contribution in [0.4, 0.5) is 0 Å². The van der Waals surface area contributed by atoms with Gasteiger partial charge in [0.15, 0.2) is 0 Å². The molecule has 2 atom stereocenters. The quantitative estimate of drug-likeness (QED) is 0.789. The zero-order valence-electron chi connectivity index (χ0n) is 11.4. The van der Waals surface area contributed by atoms with E-state index in [1.165, 1.54) is 32.4 Å². The lowest BCUT2D eigenvalue weighted by molar-refractivity contribution is 0.0846. The Kier molecular flexibility index (Phi) is 3.91. The monoisotopic (exact) mass is 224 g/mol. The molecule has 0 radical (unpaired) electrons. The number of hydrogen-bond donors (Lipinski definition) is 1. The molecule has 2 rings (SSSR count). The molecule has 1 aliphatic heterocycles. The first kappa shape index (κ1) is 12.4. The Bertz CT molecular complexity index is 221. The van der Waals surface area contributed by atoms with Crippen LogP contribution >= 0.6 is 0 Å². The number of nitrogens with one attached hydrogen (secondary N) is 1. The second-order valence-corrected chi connectivity index (χ2v) is 6.47. The Morgan fingerprint density at radius 1 is 1.19 bits per heavy atom. The average Bonchev–Trinajstić information content (AvgIpc) is 2.99.